The maximum atomic E-state index is 11.5. The van der Waals surface area contributed by atoms with Crippen LogP contribution in [0.15, 0.2) is 12.3 Å². The van der Waals surface area contributed by atoms with Crippen LogP contribution in [0.25, 0.3) is 11.0 Å². The van der Waals surface area contributed by atoms with Gasteiger partial charge in [0.25, 0.3) is 0 Å². The number of carbonyl (C=O) groups is 1. The van der Waals surface area contributed by atoms with Crippen LogP contribution in [-0.2, 0) is 4.74 Å². The van der Waals surface area contributed by atoms with Gasteiger partial charge in [0.1, 0.15) is 17.1 Å². The molecule has 5 nitrogen and oxygen atoms in total. The third-order valence-corrected chi connectivity index (χ3v) is 2.34. The van der Waals surface area contributed by atoms with E-state index in [0.717, 1.165) is 0 Å². The third kappa shape index (κ3) is 1.41. The summed E-state index contributed by atoms with van der Waals surface area (Å²) >= 11 is 0. The zero-order valence-electron chi connectivity index (χ0n) is 8.87. The van der Waals surface area contributed by atoms with Crippen molar-refractivity contribution in [2.45, 2.75) is 6.92 Å². The van der Waals surface area contributed by atoms with Gasteiger partial charge in [0.15, 0.2) is 0 Å². The zero-order valence-corrected chi connectivity index (χ0v) is 8.87. The normalized spacial score (nSPS) is 10.1. The van der Waals surface area contributed by atoms with Crippen molar-refractivity contribution in [3.05, 3.63) is 29.1 Å². The van der Waals surface area contributed by atoms with Crippen LogP contribution in [0.2, 0.25) is 0 Å². The predicted molar refractivity (Wildman–Crippen MR) is 56.9 cm³/mol. The molecule has 16 heavy (non-hydrogen) atoms. The number of aromatic nitrogens is 2. The highest BCUT2D eigenvalue weighted by Crippen LogP contribution is 2.21. The fraction of sp³-hybridized carbons (Fsp3) is 0.182. The minimum atomic E-state index is -0.430. The molecule has 0 atom stereocenters. The smallest absolute Gasteiger partial charge is 0.341 e. The Kier molecular flexibility index (Phi) is 2.33. The molecule has 2 aromatic heterocycles. The molecule has 0 aromatic carbocycles. The Bertz CT molecular complexity index is 607. The number of esters is 1. The van der Waals surface area contributed by atoms with E-state index in [0.29, 0.717) is 27.9 Å². The van der Waals surface area contributed by atoms with E-state index in [1.807, 2.05) is 6.07 Å². The molecule has 0 unspecified atom stereocenters. The van der Waals surface area contributed by atoms with Crippen LogP contribution in [0.5, 0.6) is 0 Å². The zero-order chi connectivity index (χ0) is 11.7. The van der Waals surface area contributed by atoms with Gasteiger partial charge in [-0.1, -0.05) is 0 Å². The molecule has 2 heterocycles. The Morgan fingerprint density at radius 2 is 2.38 bits per heavy atom. The molecule has 0 aliphatic carbocycles. The van der Waals surface area contributed by atoms with Gasteiger partial charge in [-0.15, -0.1) is 0 Å². The Balaban J connectivity index is 2.73. The first-order chi connectivity index (χ1) is 7.67. The Morgan fingerprint density at radius 1 is 1.62 bits per heavy atom. The highest BCUT2D eigenvalue weighted by molar-refractivity contribution is 6.03. The number of nitrogens with one attached hydrogen (secondary N) is 1. The van der Waals surface area contributed by atoms with Gasteiger partial charge >= 0.3 is 5.97 Å². The summed E-state index contributed by atoms with van der Waals surface area (Å²) in [6.07, 6.45) is 1.43. The number of ether oxygens (including phenoxy) is 1. The standard InChI is InChI=1S/C11H9N3O2/c1-6-9(11(15)16-2)10-8(14-6)3-7(4-12)5-13-10/h3,5,14H,1-2H3. The molecular formula is C11H9N3O2. The molecule has 0 bridgehead atoms. The largest absolute Gasteiger partial charge is 0.465 e. The molecule has 80 valence electrons. The van der Waals surface area contributed by atoms with Gasteiger partial charge in [-0.3, -0.25) is 4.98 Å². The number of nitrogens with zero attached hydrogens (tertiary/aromatic N) is 2. The van der Waals surface area contributed by atoms with Gasteiger partial charge in [-0.2, -0.15) is 5.26 Å². The molecule has 5 heteroatoms. The first-order valence-corrected chi connectivity index (χ1v) is 4.64. The van der Waals surface area contributed by atoms with E-state index in [4.69, 9.17) is 5.26 Å². The lowest BCUT2D eigenvalue weighted by atomic mass is 10.2. The minimum absolute atomic E-state index is 0.419. The summed E-state index contributed by atoms with van der Waals surface area (Å²) in [6, 6.07) is 3.65. The SMILES string of the molecule is COC(=O)c1c(C)[nH]c2cc(C#N)cnc12. The average Bonchev–Trinajstić information content (AvgIpc) is 2.62. The van der Waals surface area contributed by atoms with Gasteiger partial charge in [-0.05, 0) is 13.0 Å². The van der Waals surface area contributed by atoms with Crippen LogP contribution in [0.4, 0.5) is 0 Å². The van der Waals surface area contributed by atoms with E-state index < -0.39 is 5.97 Å². The molecule has 0 amide bonds. The number of pyridine rings is 1. The van der Waals surface area contributed by atoms with Crippen LogP contribution >= 0.6 is 0 Å². The molecule has 1 N–H and O–H groups in total. The number of nitriles is 1. The molecule has 0 radical (unpaired) electrons. The highest BCUT2D eigenvalue weighted by Gasteiger charge is 2.17. The highest BCUT2D eigenvalue weighted by atomic mass is 16.5. The molecule has 0 saturated heterocycles. The number of fused-ring (bicyclic) bond motifs is 1. The number of aromatic amines is 1. The molecule has 0 fully saturated rings. The Labute approximate surface area is 91.7 Å². The van der Waals surface area contributed by atoms with E-state index in [1.54, 1.807) is 13.0 Å². The van der Waals surface area contributed by atoms with E-state index in [9.17, 15) is 4.79 Å². The van der Waals surface area contributed by atoms with Crippen LogP contribution in [0.3, 0.4) is 0 Å². The quantitative estimate of drug-likeness (QED) is 0.731. The minimum Gasteiger partial charge on any atom is -0.465 e. The third-order valence-electron chi connectivity index (χ3n) is 2.34. The maximum absolute atomic E-state index is 11.5. The summed E-state index contributed by atoms with van der Waals surface area (Å²) in [7, 11) is 1.32. The van der Waals surface area contributed by atoms with E-state index >= 15 is 0 Å². The summed E-state index contributed by atoms with van der Waals surface area (Å²) in [5.41, 5.74) is 2.75. The summed E-state index contributed by atoms with van der Waals surface area (Å²) in [5, 5.41) is 8.73. The lowest BCUT2D eigenvalue weighted by molar-refractivity contribution is 0.0602. The summed E-state index contributed by atoms with van der Waals surface area (Å²) in [6.45, 7) is 1.76. The van der Waals surface area contributed by atoms with Crippen LogP contribution in [-0.4, -0.2) is 23.0 Å². The summed E-state index contributed by atoms with van der Waals surface area (Å²) < 4.78 is 4.68. The van der Waals surface area contributed by atoms with Gasteiger partial charge in [0.05, 0.1) is 18.2 Å². The van der Waals surface area contributed by atoms with E-state index in [-0.39, 0.29) is 0 Å². The number of hydrogen-bond acceptors (Lipinski definition) is 4. The molecule has 0 aliphatic rings. The fourth-order valence-electron chi connectivity index (χ4n) is 1.61. The fourth-order valence-corrected chi connectivity index (χ4v) is 1.61. The van der Waals surface area contributed by atoms with E-state index in [2.05, 4.69) is 14.7 Å². The van der Waals surface area contributed by atoms with Gasteiger partial charge in [0.2, 0.25) is 0 Å². The van der Waals surface area contributed by atoms with Crippen molar-refractivity contribution in [1.29, 1.82) is 5.26 Å². The van der Waals surface area contributed by atoms with Crippen molar-refractivity contribution in [2.75, 3.05) is 7.11 Å². The number of H-pyrrole nitrogens is 1. The number of rotatable bonds is 1. The van der Waals surface area contributed by atoms with Crippen molar-refractivity contribution in [3.8, 4) is 6.07 Å². The lowest BCUT2D eigenvalue weighted by Crippen LogP contribution is -2.02. The van der Waals surface area contributed by atoms with Crippen molar-refractivity contribution in [1.82, 2.24) is 9.97 Å². The van der Waals surface area contributed by atoms with Crippen LogP contribution in [0, 0.1) is 18.3 Å². The number of aryl methyl sites for hydroxylation is 1. The second kappa shape index (κ2) is 3.66. The van der Waals surface area contributed by atoms with Gasteiger partial charge < -0.3 is 9.72 Å². The monoisotopic (exact) mass is 215 g/mol. The van der Waals surface area contributed by atoms with Gasteiger partial charge in [-0.25, -0.2) is 4.79 Å². The second-order valence-corrected chi connectivity index (χ2v) is 3.35. The topological polar surface area (TPSA) is 78.8 Å². The number of hydrogen-bond donors (Lipinski definition) is 1. The van der Waals surface area contributed by atoms with Gasteiger partial charge in [0, 0.05) is 11.9 Å². The van der Waals surface area contributed by atoms with Crippen LogP contribution < -0.4 is 0 Å². The summed E-state index contributed by atoms with van der Waals surface area (Å²) in [4.78, 5) is 18.6. The maximum Gasteiger partial charge on any atom is 0.341 e. The average molecular weight is 215 g/mol. The molecular weight excluding hydrogens is 206 g/mol. The first kappa shape index (κ1) is 10.2. The Hall–Kier alpha value is -2.35. The molecule has 0 spiro atoms. The Morgan fingerprint density at radius 3 is 3.00 bits per heavy atom. The number of methoxy groups -OCH3 is 1. The first-order valence-electron chi connectivity index (χ1n) is 4.64. The van der Waals surface area contributed by atoms with Crippen LogP contribution in [0.1, 0.15) is 21.6 Å². The predicted octanol–water partition coefficient (Wildman–Crippen LogP) is 1.53. The molecule has 0 aliphatic heterocycles. The van der Waals surface area contributed by atoms with E-state index in [1.165, 1.54) is 13.3 Å². The van der Waals surface area contributed by atoms with Crippen molar-refractivity contribution >= 4 is 17.0 Å². The second-order valence-electron chi connectivity index (χ2n) is 3.35. The lowest BCUT2D eigenvalue weighted by Gasteiger charge is -1.97. The molecule has 2 rings (SSSR count). The van der Waals surface area contributed by atoms with Crippen molar-refractivity contribution in [3.63, 3.8) is 0 Å². The summed E-state index contributed by atoms with van der Waals surface area (Å²) in [5.74, 6) is -0.430. The molecule has 2 aromatic rings. The number of carbonyl (C=O) groups excluding carboxylic acids is 1. The van der Waals surface area contributed by atoms with Crippen molar-refractivity contribution < 1.29 is 9.53 Å². The van der Waals surface area contributed by atoms with Crippen molar-refractivity contribution in [2.24, 2.45) is 0 Å². The molecule has 0 saturated carbocycles.